The molecule has 8 heteroatoms. The summed E-state index contributed by atoms with van der Waals surface area (Å²) in [5, 5.41) is 9.26. The Hall–Kier alpha value is -1.80. The van der Waals surface area contributed by atoms with Gasteiger partial charge in [-0.15, -0.1) is 0 Å². The maximum atomic E-state index is 12.9. The standard InChI is InChI=1S/C15H21NO6S/c1-10-12(15(17)18)5-4-8-16(10)23(19,20)11-6-7-13(21-2)14(9-11)22-3/h6-7,9-10,12H,4-5,8H2,1-3H3,(H,17,18)/t10-,12-/m0/s1. The van der Waals surface area contributed by atoms with E-state index in [9.17, 15) is 18.3 Å². The molecule has 1 N–H and O–H groups in total. The number of benzene rings is 1. The van der Waals surface area contributed by atoms with Crippen LogP contribution in [-0.2, 0) is 14.8 Å². The second-order valence-corrected chi connectivity index (χ2v) is 7.35. The molecule has 0 spiro atoms. The zero-order valence-electron chi connectivity index (χ0n) is 13.4. The second-order valence-electron chi connectivity index (χ2n) is 5.46. The molecule has 1 aliphatic rings. The summed E-state index contributed by atoms with van der Waals surface area (Å²) < 4.78 is 37.3. The Kier molecular flexibility index (Phi) is 5.16. The zero-order chi connectivity index (χ0) is 17.2. The van der Waals surface area contributed by atoms with E-state index in [1.54, 1.807) is 6.92 Å². The van der Waals surface area contributed by atoms with E-state index in [0.717, 1.165) is 0 Å². The number of ether oxygens (including phenoxy) is 2. The summed E-state index contributed by atoms with van der Waals surface area (Å²) in [5.41, 5.74) is 0. The van der Waals surface area contributed by atoms with Crippen molar-refractivity contribution in [2.45, 2.75) is 30.7 Å². The molecular weight excluding hydrogens is 322 g/mol. The smallest absolute Gasteiger partial charge is 0.308 e. The summed E-state index contributed by atoms with van der Waals surface area (Å²) >= 11 is 0. The molecule has 1 aromatic rings. The van der Waals surface area contributed by atoms with Crippen LogP contribution in [0.3, 0.4) is 0 Å². The lowest BCUT2D eigenvalue weighted by molar-refractivity contribution is -0.144. The topological polar surface area (TPSA) is 93.1 Å². The van der Waals surface area contributed by atoms with Gasteiger partial charge < -0.3 is 14.6 Å². The van der Waals surface area contributed by atoms with Gasteiger partial charge in [-0.1, -0.05) is 0 Å². The SMILES string of the molecule is COc1ccc(S(=O)(=O)N2CCC[C@H](C(=O)O)[C@@H]2C)cc1OC. The molecule has 1 saturated heterocycles. The fraction of sp³-hybridized carbons (Fsp3) is 0.533. The fourth-order valence-corrected chi connectivity index (χ4v) is 4.61. The highest BCUT2D eigenvalue weighted by molar-refractivity contribution is 7.89. The summed E-state index contributed by atoms with van der Waals surface area (Å²) in [7, 11) is -0.904. The summed E-state index contributed by atoms with van der Waals surface area (Å²) in [5.74, 6) is -0.919. The number of carboxylic acid groups (broad SMARTS) is 1. The summed E-state index contributed by atoms with van der Waals surface area (Å²) in [6.45, 7) is 1.94. The Labute approximate surface area is 135 Å². The molecule has 23 heavy (non-hydrogen) atoms. The number of aliphatic carboxylic acids is 1. The Balaban J connectivity index is 2.39. The highest BCUT2D eigenvalue weighted by Crippen LogP contribution is 2.33. The van der Waals surface area contributed by atoms with E-state index in [1.807, 2.05) is 0 Å². The molecule has 0 aromatic heterocycles. The van der Waals surface area contributed by atoms with Gasteiger partial charge in [-0.25, -0.2) is 8.42 Å². The number of nitrogens with zero attached hydrogens (tertiary/aromatic N) is 1. The average Bonchev–Trinajstić information content (AvgIpc) is 2.53. The van der Waals surface area contributed by atoms with Crippen molar-refractivity contribution in [2.24, 2.45) is 5.92 Å². The zero-order valence-corrected chi connectivity index (χ0v) is 14.2. The van der Waals surface area contributed by atoms with Gasteiger partial charge in [0, 0.05) is 18.7 Å². The molecule has 1 aromatic carbocycles. The van der Waals surface area contributed by atoms with Crippen LogP contribution in [0.1, 0.15) is 19.8 Å². The highest BCUT2D eigenvalue weighted by atomic mass is 32.2. The molecule has 0 amide bonds. The van der Waals surface area contributed by atoms with Crippen molar-refractivity contribution in [1.29, 1.82) is 0 Å². The van der Waals surface area contributed by atoms with Gasteiger partial charge in [-0.05, 0) is 31.9 Å². The first-order chi connectivity index (χ1) is 10.8. The molecule has 1 heterocycles. The van der Waals surface area contributed by atoms with Gasteiger partial charge in [0.15, 0.2) is 11.5 Å². The Bertz CT molecular complexity index is 687. The van der Waals surface area contributed by atoms with Crippen molar-refractivity contribution in [2.75, 3.05) is 20.8 Å². The van der Waals surface area contributed by atoms with Gasteiger partial charge in [-0.3, -0.25) is 4.79 Å². The number of methoxy groups -OCH3 is 2. The first-order valence-corrected chi connectivity index (χ1v) is 8.73. The van der Waals surface area contributed by atoms with E-state index in [1.165, 1.54) is 36.7 Å². The number of carbonyl (C=O) groups is 1. The largest absolute Gasteiger partial charge is 0.493 e. The van der Waals surface area contributed by atoms with E-state index >= 15 is 0 Å². The quantitative estimate of drug-likeness (QED) is 0.872. The van der Waals surface area contributed by atoms with Gasteiger partial charge in [0.05, 0.1) is 25.0 Å². The van der Waals surface area contributed by atoms with Crippen molar-refractivity contribution in [1.82, 2.24) is 4.31 Å². The van der Waals surface area contributed by atoms with Crippen LogP contribution in [0.2, 0.25) is 0 Å². The van der Waals surface area contributed by atoms with Crippen LogP contribution in [-0.4, -0.2) is 50.6 Å². The van der Waals surface area contributed by atoms with E-state index in [4.69, 9.17) is 9.47 Å². The van der Waals surface area contributed by atoms with Crippen molar-refractivity contribution < 1.29 is 27.8 Å². The van der Waals surface area contributed by atoms with Crippen molar-refractivity contribution in [3.8, 4) is 11.5 Å². The van der Waals surface area contributed by atoms with Crippen LogP contribution < -0.4 is 9.47 Å². The van der Waals surface area contributed by atoms with Crippen LogP contribution in [0.4, 0.5) is 0 Å². The number of carboxylic acids is 1. The number of hydrogen-bond donors (Lipinski definition) is 1. The molecular formula is C15H21NO6S. The monoisotopic (exact) mass is 343 g/mol. The van der Waals surface area contributed by atoms with Gasteiger partial charge in [-0.2, -0.15) is 4.31 Å². The lowest BCUT2D eigenvalue weighted by Gasteiger charge is -2.36. The van der Waals surface area contributed by atoms with E-state index in [2.05, 4.69) is 0 Å². The molecule has 0 aliphatic carbocycles. The lowest BCUT2D eigenvalue weighted by atomic mass is 9.92. The van der Waals surface area contributed by atoms with Crippen molar-refractivity contribution in [3.05, 3.63) is 18.2 Å². The van der Waals surface area contributed by atoms with E-state index in [-0.39, 0.29) is 4.90 Å². The predicted octanol–water partition coefficient (Wildman–Crippen LogP) is 1.58. The van der Waals surface area contributed by atoms with Crippen LogP contribution in [0.15, 0.2) is 23.1 Å². The molecule has 0 unspecified atom stereocenters. The van der Waals surface area contributed by atoms with E-state index < -0.39 is 28.0 Å². The second kappa shape index (κ2) is 6.76. The summed E-state index contributed by atoms with van der Waals surface area (Å²) in [4.78, 5) is 11.4. The molecule has 128 valence electrons. The maximum absolute atomic E-state index is 12.9. The Morgan fingerprint density at radius 1 is 1.26 bits per heavy atom. The molecule has 0 bridgehead atoms. The molecule has 2 atom stereocenters. The van der Waals surface area contributed by atoms with Crippen LogP contribution in [0.5, 0.6) is 11.5 Å². The molecule has 2 rings (SSSR count). The first-order valence-electron chi connectivity index (χ1n) is 7.29. The Morgan fingerprint density at radius 3 is 2.48 bits per heavy atom. The minimum absolute atomic E-state index is 0.0630. The van der Waals surface area contributed by atoms with Gasteiger partial charge >= 0.3 is 5.97 Å². The average molecular weight is 343 g/mol. The van der Waals surface area contributed by atoms with Crippen LogP contribution in [0, 0.1) is 5.92 Å². The molecule has 0 radical (unpaired) electrons. The highest BCUT2D eigenvalue weighted by Gasteiger charge is 2.39. The molecule has 0 saturated carbocycles. The minimum Gasteiger partial charge on any atom is -0.493 e. The summed E-state index contributed by atoms with van der Waals surface area (Å²) in [6.07, 6.45) is 1.00. The van der Waals surface area contributed by atoms with Gasteiger partial charge in [0.2, 0.25) is 10.0 Å². The van der Waals surface area contributed by atoms with Crippen molar-refractivity contribution >= 4 is 16.0 Å². The summed E-state index contributed by atoms with van der Waals surface area (Å²) in [6, 6.07) is 3.76. The number of sulfonamides is 1. The maximum Gasteiger partial charge on any atom is 0.308 e. The minimum atomic E-state index is -3.80. The Morgan fingerprint density at radius 2 is 1.91 bits per heavy atom. The normalized spacial score (nSPS) is 22.6. The predicted molar refractivity (Wildman–Crippen MR) is 83.3 cm³/mol. The number of rotatable bonds is 5. The van der Waals surface area contributed by atoms with E-state index in [0.29, 0.717) is 30.9 Å². The molecule has 7 nitrogen and oxygen atoms in total. The van der Waals surface area contributed by atoms with Gasteiger partial charge in [0.25, 0.3) is 0 Å². The van der Waals surface area contributed by atoms with Crippen LogP contribution >= 0.6 is 0 Å². The lowest BCUT2D eigenvalue weighted by Crippen LogP contribution is -2.48. The molecule has 1 aliphatic heterocycles. The third kappa shape index (κ3) is 3.28. The third-order valence-electron chi connectivity index (χ3n) is 4.21. The number of hydrogen-bond acceptors (Lipinski definition) is 5. The van der Waals surface area contributed by atoms with Crippen LogP contribution in [0.25, 0.3) is 0 Å². The fourth-order valence-electron chi connectivity index (χ4n) is 2.89. The van der Waals surface area contributed by atoms with Crippen molar-refractivity contribution in [3.63, 3.8) is 0 Å². The first kappa shape index (κ1) is 17.6. The number of piperidine rings is 1. The third-order valence-corrected chi connectivity index (χ3v) is 6.19. The molecule has 1 fully saturated rings. The van der Waals surface area contributed by atoms with Gasteiger partial charge in [0.1, 0.15) is 0 Å².